The summed E-state index contributed by atoms with van der Waals surface area (Å²) in [5.74, 6) is 0.960. The van der Waals surface area contributed by atoms with E-state index < -0.39 is 0 Å². The summed E-state index contributed by atoms with van der Waals surface area (Å²) >= 11 is 0. The number of rotatable bonds is 7. The van der Waals surface area contributed by atoms with E-state index >= 15 is 0 Å². The van der Waals surface area contributed by atoms with Crippen LogP contribution >= 0.6 is 0 Å². The molecule has 0 heterocycles. The van der Waals surface area contributed by atoms with Crippen molar-refractivity contribution < 1.29 is 4.74 Å². The van der Waals surface area contributed by atoms with Crippen LogP contribution in [0.1, 0.15) is 30.9 Å². The van der Waals surface area contributed by atoms with Crippen LogP contribution in [-0.4, -0.2) is 12.6 Å². The Labute approximate surface area is 104 Å². The van der Waals surface area contributed by atoms with Crippen LogP contribution < -0.4 is 10.5 Å². The summed E-state index contributed by atoms with van der Waals surface area (Å²) in [5, 5.41) is 0. The Bertz CT molecular complexity index is 360. The number of hydrogen-bond donors (Lipinski definition) is 1. The van der Waals surface area contributed by atoms with E-state index in [1.165, 1.54) is 11.1 Å². The second-order valence-corrected chi connectivity index (χ2v) is 4.41. The van der Waals surface area contributed by atoms with Crippen LogP contribution in [0.3, 0.4) is 0 Å². The molecule has 0 aromatic heterocycles. The van der Waals surface area contributed by atoms with Crippen LogP contribution in [0, 0.1) is 6.92 Å². The van der Waals surface area contributed by atoms with Crippen LogP contribution in [-0.2, 0) is 6.42 Å². The maximum atomic E-state index is 6.01. The van der Waals surface area contributed by atoms with E-state index in [-0.39, 0.29) is 6.04 Å². The molecule has 0 aliphatic carbocycles. The lowest BCUT2D eigenvalue weighted by atomic mass is 10.0. The van der Waals surface area contributed by atoms with Crippen molar-refractivity contribution in [3.63, 3.8) is 0 Å². The van der Waals surface area contributed by atoms with Gasteiger partial charge in [-0.15, -0.1) is 6.58 Å². The van der Waals surface area contributed by atoms with Crippen LogP contribution in [0.25, 0.3) is 0 Å². The largest absolute Gasteiger partial charge is 0.493 e. The van der Waals surface area contributed by atoms with Crippen LogP contribution in [0.5, 0.6) is 5.75 Å². The van der Waals surface area contributed by atoms with Crippen molar-refractivity contribution in [3.8, 4) is 5.75 Å². The molecule has 0 fully saturated rings. The topological polar surface area (TPSA) is 35.2 Å². The molecule has 1 aromatic rings. The second-order valence-electron chi connectivity index (χ2n) is 4.41. The first-order valence-electron chi connectivity index (χ1n) is 6.26. The SMILES string of the molecule is C=CCCOc1ccc(C)cc1CC(N)CC. The smallest absolute Gasteiger partial charge is 0.122 e. The predicted octanol–water partition coefficient (Wildman–Crippen LogP) is 3.23. The molecule has 0 bridgehead atoms. The standard InChI is InChI=1S/C15H23NO/c1-4-6-9-17-15-8-7-12(3)10-13(15)11-14(16)5-2/h4,7-8,10,14H,1,5-6,9,11,16H2,2-3H3. The maximum Gasteiger partial charge on any atom is 0.122 e. The van der Waals surface area contributed by atoms with E-state index in [1.54, 1.807) is 0 Å². The van der Waals surface area contributed by atoms with Gasteiger partial charge in [0.1, 0.15) is 5.75 Å². The van der Waals surface area contributed by atoms with Gasteiger partial charge in [0.15, 0.2) is 0 Å². The number of aryl methyl sites for hydroxylation is 1. The van der Waals surface area contributed by atoms with E-state index in [0.29, 0.717) is 6.61 Å². The Balaban J connectivity index is 2.76. The second kappa shape index (κ2) is 7.13. The summed E-state index contributed by atoms with van der Waals surface area (Å²) in [6.07, 6.45) is 4.60. The van der Waals surface area contributed by atoms with Gasteiger partial charge >= 0.3 is 0 Å². The van der Waals surface area contributed by atoms with Crippen LogP contribution in [0.4, 0.5) is 0 Å². The van der Waals surface area contributed by atoms with Gasteiger partial charge in [-0.25, -0.2) is 0 Å². The third kappa shape index (κ3) is 4.61. The highest BCUT2D eigenvalue weighted by Crippen LogP contribution is 2.22. The monoisotopic (exact) mass is 233 g/mol. The summed E-state index contributed by atoms with van der Waals surface area (Å²) in [7, 11) is 0. The van der Waals surface area contributed by atoms with Gasteiger partial charge in [-0.1, -0.05) is 30.7 Å². The van der Waals surface area contributed by atoms with Crippen molar-refractivity contribution in [3.05, 3.63) is 42.0 Å². The molecule has 17 heavy (non-hydrogen) atoms. The average molecular weight is 233 g/mol. The normalized spacial score (nSPS) is 12.2. The molecule has 1 rings (SSSR count). The Morgan fingerprint density at radius 1 is 1.47 bits per heavy atom. The summed E-state index contributed by atoms with van der Waals surface area (Å²) in [5.41, 5.74) is 8.47. The minimum absolute atomic E-state index is 0.207. The lowest BCUT2D eigenvalue weighted by molar-refractivity contribution is 0.320. The molecule has 0 aliphatic rings. The lowest BCUT2D eigenvalue weighted by Crippen LogP contribution is -2.21. The molecule has 94 valence electrons. The van der Waals surface area contributed by atoms with Gasteiger partial charge < -0.3 is 10.5 Å². The molecule has 0 amide bonds. The molecule has 0 aliphatic heterocycles. The number of hydrogen-bond acceptors (Lipinski definition) is 2. The average Bonchev–Trinajstić information content (AvgIpc) is 2.32. The van der Waals surface area contributed by atoms with E-state index in [1.807, 2.05) is 12.1 Å². The fourth-order valence-corrected chi connectivity index (χ4v) is 1.69. The van der Waals surface area contributed by atoms with Gasteiger partial charge in [0, 0.05) is 6.04 Å². The van der Waals surface area contributed by atoms with Crippen LogP contribution in [0.15, 0.2) is 30.9 Å². The van der Waals surface area contributed by atoms with Crippen molar-refractivity contribution >= 4 is 0 Å². The summed E-state index contributed by atoms with van der Waals surface area (Å²) in [4.78, 5) is 0. The van der Waals surface area contributed by atoms with Crippen molar-refractivity contribution in [1.29, 1.82) is 0 Å². The number of ether oxygens (including phenoxy) is 1. The zero-order chi connectivity index (χ0) is 12.7. The quantitative estimate of drug-likeness (QED) is 0.579. The molecular formula is C15H23NO. The fourth-order valence-electron chi connectivity index (χ4n) is 1.69. The highest BCUT2D eigenvalue weighted by Gasteiger charge is 2.08. The molecule has 0 radical (unpaired) electrons. The third-order valence-electron chi connectivity index (χ3n) is 2.80. The maximum absolute atomic E-state index is 6.01. The first kappa shape index (κ1) is 13.8. The molecule has 1 unspecified atom stereocenters. The molecule has 1 aromatic carbocycles. The Kier molecular flexibility index (Phi) is 5.78. The van der Waals surface area contributed by atoms with E-state index in [4.69, 9.17) is 10.5 Å². The van der Waals surface area contributed by atoms with Crippen molar-refractivity contribution in [2.45, 2.75) is 39.2 Å². The van der Waals surface area contributed by atoms with Gasteiger partial charge in [0.25, 0.3) is 0 Å². The number of benzene rings is 1. The Hall–Kier alpha value is -1.28. The van der Waals surface area contributed by atoms with Crippen LogP contribution in [0.2, 0.25) is 0 Å². The summed E-state index contributed by atoms with van der Waals surface area (Å²) < 4.78 is 5.75. The molecule has 0 spiro atoms. The highest BCUT2D eigenvalue weighted by molar-refractivity contribution is 5.37. The van der Waals surface area contributed by atoms with Gasteiger partial charge in [-0.2, -0.15) is 0 Å². The molecular weight excluding hydrogens is 210 g/mol. The molecule has 2 N–H and O–H groups in total. The Morgan fingerprint density at radius 2 is 2.24 bits per heavy atom. The van der Waals surface area contributed by atoms with Gasteiger partial charge in [-0.05, 0) is 37.8 Å². The summed E-state index contributed by atoms with van der Waals surface area (Å²) in [6, 6.07) is 6.48. The number of nitrogens with two attached hydrogens (primary N) is 1. The zero-order valence-electron chi connectivity index (χ0n) is 10.9. The third-order valence-corrected chi connectivity index (χ3v) is 2.80. The van der Waals surface area contributed by atoms with Gasteiger partial charge in [0.05, 0.1) is 6.61 Å². The molecule has 2 nitrogen and oxygen atoms in total. The zero-order valence-corrected chi connectivity index (χ0v) is 10.9. The fraction of sp³-hybridized carbons (Fsp3) is 0.467. The Morgan fingerprint density at radius 3 is 2.88 bits per heavy atom. The minimum Gasteiger partial charge on any atom is -0.493 e. The van der Waals surface area contributed by atoms with E-state index in [0.717, 1.165) is 25.0 Å². The van der Waals surface area contributed by atoms with Crippen molar-refractivity contribution in [1.82, 2.24) is 0 Å². The predicted molar refractivity (Wildman–Crippen MR) is 73.5 cm³/mol. The highest BCUT2D eigenvalue weighted by atomic mass is 16.5. The van der Waals surface area contributed by atoms with Gasteiger partial charge in [-0.3, -0.25) is 0 Å². The first-order chi connectivity index (χ1) is 8.17. The minimum atomic E-state index is 0.207. The molecule has 2 heteroatoms. The molecule has 0 saturated carbocycles. The van der Waals surface area contributed by atoms with Gasteiger partial charge in [0.2, 0.25) is 0 Å². The van der Waals surface area contributed by atoms with E-state index in [9.17, 15) is 0 Å². The van der Waals surface area contributed by atoms with Crippen molar-refractivity contribution in [2.24, 2.45) is 5.73 Å². The molecule has 1 atom stereocenters. The lowest BCUT2D eigenvalue weighted by Gasteiger charge is -2.14. The van der Waals surface area contributed by atoms with Crippen molar-refractivity contribution in [2.75, 3.05) is 6.61 Å². The molecule has 0 saturated heterocycles. The first-order valence-corrected chi connectivity index (χ1v) is 6.26. The van der Waals surface area contributed by atoms with E-state index in [2.05, 4.69) is 32.6 Å². The summed E-state index contributed by atoms with van der Waals surface area (Å²) in [6.45, 7) is 8.57.